The van der Waals surface area contributed by atoms with Gasteiger partial charge in [-0.3, -0.25) is 0 Å². The molecule has 42 heavy (non-hydrogen) atoms. The predicted molar refractivity (Wildman–Crippen MR) is 158 cm³/mol. The number of nitrogens with one attached hydrogen (secondary N) is 2. The van der Waals surface area contributed by atoms with E-state index in [1.54, 1.807) is 4.90 Å². The second-order valence-electron chi connectivity index (χ2n) is 13.6. The minimum absolute atomic E-state index is 0.230. The summed E-state index contributed by atoms with van der Waals surface area (Å²) in [6.45, 7) is 13.4. The van der Waals surface area contributed by atoms with E-state index in [2.05, 4.69) is 30.5 Å². The number of ether oxygens (including phenoxy) is 3. The molecular formula is C30H45N7O5. The van der Waals surface area contributed by atoms with E-state index in [1.807, 2.05) is 36.4 Å². The van der Waals surface area contributed by atoms with Gasteiger partial charge in [0, 0.05) is 50.0 Å². The van der Waals surface area contributed by atoms with Gasteiger partial charge in [0.25, 0.3) is 0 Å². The van der Waals surface area contributed by atoms with Crippen molar-refractivity contribution in [1.29, 1.82) is 0 Å². The normalized spacial score (nSPS) is 25.0. The van der Waals surface area contributed by atoms with Crippen molar-refractivity contribution in [1.82, 2.24) is 24.4 Å². The van der Waals surface area contributed by atoms with Crippen LogP contribution in [-0.2, 0) is 14.2 Å². The van der Waals surface area contributed by atoms with Crippen LogP contribution in [0.5, 0.6) is 0 Å². The molecule has 2 amide bonds. The number of hydrogen-bond acceptors (Lipinski definition) is 9. The lowest BCUT2D eigenvalue weighted by Gasteiger charge is -2.42. The quantitative estimate of drug-likeness (QED) is 0.512. The third-order valence-corrected chi connectivity index (χ3v) is 8.87. The number of piperidine rings is 1. The molecule has 2 atom stereocenters. The van der Waals surface area contributed by atoms with E-state index in [4.69, 9.17) is 24.3 Å². The number of hydrogen-bond donors (Lipinski definition) is 2. The molecule has 230 valence electrons. The minimum atomic E-state index is -0.546. The standard InChI is InChI=1S/C30H45N7O5/c1-18(2)23-13-31-37-25(12-24(33-27(23)37)32-21-8-10-40-11-9-21)34-26-19-6-7-20(26)15-35(14-19)28(38)41-22-16-36(17-22)29(39)42-30(3,4)5/h12-13,18-22,26,34H,6-11,14-17H2,1-5H3,(H,32,33). The number of aromatic nitrogens is 3. The van der Waals surface area contributed by atoms with Gasteiger partial charge in [0.15, 0.2) is 5.65 Å². The average molecular weight is 584 g/mol. The van der Waals surface area contributed by atoms with Crippen molar-refractivity contribution in [2.24, 2.45) is 11.8 Å². The first kappa shape index (κ1) is 28.8. The Kier molecular flexibility index (Phi) is 7.84. The van der Waals surface area contributed by atoms with Crippen LogP contribution in [0.4, 0.5) is 21.2 Å². The lowest BCUT2D eigenvalue weighted by molar-refractivity contribution is -0.0461. The molecule has 6 rings (SSSR count). The number of amides is 2. The van der Waals surface area contributed by atoms with Gasteiger partial charge in [-0.1, -0.05) is 13.8 Å². The van der Waals surface area contributed by atoms with Gasteiger partial charge >= 0.3 is 12.2 Å². The number of nitrogens with zero attached hydrogens (tertiary/aromatic N) is 5. The van der Waals surface area contributed by atoms with Gasteiger partial charge in [-0.15, -0.1) is 0 Å². The molecule has 2 bridgehead atoms. The lowest BCUT2D eigenvalue weighted by Crippen LogP contribution is -2.58. The highest BCUT2D eigenvalue weighted by atomic mass is 16.6. The summed E-state index contributed by atoms with van der Waals surface area (Å²) in [5, 5.41) is 12.2. The van der Waals surface area contributed by atoms with Gasteiger partial charge in [-0.2, -0.15) is 9.61 Å². The van der Waals surface area contributed by atoms with Crippen LogP contribution < -0.4 is 10.6 Å². The molecule has 0 aromatic carbocycles. The zero-order valence-corrected chi connectivity index (χ0v) is 25.5. The molecule has 1 saturated carbocycles. The maximum atomic E-state index is 13.1. The molecule has 2 N–H and O–H groups in total. The highest BCUT2D eigenvalue weighted by molar-refractivity contribution is 5.71. The number of likely N-dealkylation sites (tertiary alicyclic amines) is 2. The van der Waals surface area contributed by atoms with Crippen LogP contribution in [0.1, 0.15) is 71.8 Å². The van der Waals surface area contributed by atoms with Crippen molar-refractivity contribution in [3.8, 4) is 0 Å². The maximum Gasteiger partial charge on any atom is 0.410 e. The molecular weight excluding hydrogens is 538 g/mol. The van der Waals surface area contributed by atoms with Crippen LogP contribution in [0.3, 0.4) is 0 Å². The molecule has 2 unspecified atom stereocenters. The first-order valence-corrected chi connectivity index (χ1v) is 15.5. The van der Waals surface area contributed by atoms with Gasteiger partial charge in [-0.05, 0) is 64.2 Å². The molecule has 3 saturated heterocycles. The summed E-state index contributed by atoms with van der Waals surface area (Å²) in [5.74, 6) is 2.71. The maximum absolute atomic E-state index is 13.1. The largest absolute Gasteiger partial charge is 0.444 e. The molecule has 1 aliphatic carbocycles. The van der Waals surface area contributed by atoms with E-state index < -0.39 is 5.60 Å². The second kappa shape index (κ2) is 11.4. The molecule has 12 nitrogen and oxygen atoms in total. The van der Waals surface area contributed by atoms with Gasteiger partial charge in [0.1, 0.15) is 23.3 Å². The summed E-state index contributed by atoms with van der Waals surface area (Å²) in [4.78, 5) is 33.7. The molecule has 2 aromatic rings. The smallest absolute Gasteiger partial charge is 0.410 e. The van der Waals surface area contributed by atoms with Crippen molar-refractivity contribution in [3.63, 3.8) is 0 Å². The Morgan fingerprint density at radius 1 is 0.976 bits per heavy atom. The molecule has 12 heteroatoms. The van der Waals surface area contributed by atoms with E-state index in [0.29, 0.717) is 50.0 Å². The molecule has 4 fully saturated rings. The Bertz CT molecular complexity index is 1280. The number of rotatable bonds is 6. The Hall–Kier alpha value is -3.28. The van der Waals surface area contributed by atoms with Crippen LogP contribution in [-0.4, -0.2) is 99.8 Å². The van der Waals surface area contributed by atoms with E-state index >= 15 is 0 Å². The van der Waals surface area contributed by atoms with Gasteiger partial charge in [0.05, 0.1) is 19.3 Å². The second-order valence-corrected chi connectivity index (χ2v) is 13.6. The third-order valence-electron chi connectivity index (χ3n) is 8.87. The van der Waals surface area contributed by atoms with Gasteiger partial charge < -0.3 is 34.6 Å². The fourth-order valence-electron chi connectivity index (χ4n) is 6.60. The van der Waals surface area contributed by atoms with Crippen molar-refractivity contribution < 1.29 is 23.8 Å². The first-order valence-electron chi connectivity index (χ1n) is 15.5. The monoisotopic (exact) mass is 583 g/mol. The summed E-state index contributed by atoms with van der Waals surface area (Å²) < 4.78 is 18.6. The number of carbonyl (C=O) groups excluding carboxylic acids is 2. The predicted octanol–water partition coefficient (Wildman–Crippen LogP) is 4.32. The van der Waals surface area contributed by atoms with Crippen molar-refractivity contribution >= 4 is 29.5 Å². The highest BCUT2D eigenvalue weighted by Crippen LogP contribution is 2.39. The van der Waals surface area contributed by atoms with Crippen LogP contribution >= 0.6 is 0 Å². The fraction of sp³-hybridized carbons (Fsp3) is 0.733. The highest BCUT2D eigenvalue weighted by Gasteiger charge is 2.45. The van der Waals surface area contributed by atoms with E-state index in [0.717, 1.165) is 61.7 Å². The molecule has 0 radical (unpaired) electrons. The topological polar surface area (TPSA) is 123 Å². The zero-order valence-electron chi connectivity index (χ0n) is 25.5. The van der Waals surface area contributed by atoms with Crippen LogP contribution in [0.25, 0.3) is 5.65 Å². The summed E-state index contributed by atoms with van der Waals surface area (Å²) in [6.07, 6.45) is 5.01. The summed E-state index contributed by atoms with van der Waals surface area (Å²) >= 11 is 0. The van der Waals surface area contributed by atoms with Crippen LogP contribution in [0.2, 0.25) is 0 Å². The number of carbonyl (C=O) groups is 2. The van der Waals surface area contributed by atoms with Crippen molar-refractivity contribution in [2.45, 2.75) is 90.0 Å². The Morgan fingerprint density at radius 3 is 2.29 bits per heavy atom. The minimum Gasteiger partial charge on any atom is -0.444 e. The van der Waals surface area contributed by atoms with Crippen molar-refractivity contribution in [2.75, 3.05) is 50.0 Å². The molecule has 4 aliphatic rings. The SMILES string of the molecule is CC(C)c1cnn2c(NC3C4CCC3CN(C(=O)OC3CN(C(=O)OC(C)(C)C)C3)C4)cc(NC3CCOCC3)nc12. The summed E-state index contributed by atoms with van der Waals surface area (Å²) in [7, 11) is 0. The number of anilines is 2. The molecule has 3 aliphatic heterocycles. The van der Waals surface area contributed by atoms with Gasteiger partial charge in [-0.25, -0.2) is 14.6 Å². The first-order chi connectivity index (χ1) is 20.0. The lowest BCUT2D eigenvalue weighted by atomic mass is 9.92. The Balaban J connectivity index is 1.10. The molecule has 0 spiro atoms. The summed E-state index contributed by atoms with van der Waals surface area (Å²) in [6, 6.07) is 2.64. The number of fused-ring (bicyclic) bond motifs is 3. The Labute approximate surface area is 247 Å². The average Bonchev–Trinajstić information content (AvgIpc) is 3.42. The Morgan fingerprint density at radius 2 is 1.64 bits per heavy atom. The van der Waals surface area contributed by atoms with Gasteiger partial charge in [0.2, 0.25) is 0 Å². The van der Waals surface area contributed by atoms with E-state index in [1.165, 1.54) is 0 Å². The zero-order chi connectivity index (χ0) is 29.6. The molecule has 2 aromatic heterocycles. The van der Waals surface area contributed by atoms with E-state index in [-0.39, 0.29) is 24.3 Å². The van der Waals surface area contributed by atoms with E-state index in [9.17, 15) is 9.59 Å². The third kappa shape index (κ3) is 6.09. The van der Waals surface area contributed by atoms with Crippen molar-refractivity contribution in [3.05, 3.63) is 17.8 Å². The summed E-state index contributed by atoms with van der Waals surface area (Å²) in [5.41, 5.74) is 1.45. The van der Waals surface area contributed by atoms with Crippen LogP contribution in [0, 0.1) is 11.8 Å². The fourth-order valence-corrected chi connectivity index (χ4v) is 6.60. The molecule has 5 heterocycles. The van der Waals surface area contributed by atoms with Crippen LogP contribution in [0.15, 0.2) is 12.3 Å².